The van der Waals surface area contributed by atoms with Crippen LogP contribution in [0.5, 0.6) is 0 Å². The number of alkyl halides is 7. The van der Waals surface area contributed by atoms with Gasteiger partial charge in [-0.3, -0.25) is 19.1 Å². The lowest BCUT2D eigenvalue weighted by molar-refractivity contribution is -0.202. The van der Waals surface area contributed by atoms with Gasteiger partial charge in [0.2, 0.25) is 11.8 Å². The van der Waals surface area contributed by atoms with Gasteiger partial charge in [-0.1, -0.05) is 12.1 Å². The monoisotopic (exact) mass is 659 g/mol. The second-order valence-corrected chi connectivity index (χ2v) is 10.2. The number of carbonyl (C=O) groups excluding carboxylic acids is 4. The van der Waals surface area contributed by atoms with Gasteiger partial charge in [0, 0.05) is 16.9 Å². The number of halogens is 7. The lowest BCUT2D eigenvalue weighted by Crippen LogP contribution is -2.41. The fourth-order valence-corrected chi connectivity index (χ4v) is 4.80. The molecule has 1 aliphatic heterocycles. The molecule has 0 aliphatic carbocycles. The van der Waals surface area contributed by atoms with Crippen LogP contribution in [-0.4, -0.2) is 64.9 Å². The van der Waals surface area contributed by atoms with Crippen LogP contribution >= 0.6 is 0 Å². The highest BCUT2D eigenvalue weighted by Crippen LogP contribution is 2.40. The Balaban J connectivity index is 1.89. The smallest absolute Gasteiger partial charge is 0.386 e. The summed E-state index contributed by atoms with van der Waals surface area (Å²) in [6, 6.07) is 3.18. The van der Waals surface area contributed by atoms with Gasteiger partial charge in [-0.05, 0) is 36.2 Å². The van der Waals surface area contributed by atoms with Crippen LogP contribution in [0.15, 0.2) is 41.5 Å². The van der Waals surface area contributed by atoms with Crippen LogP contribution in [0.1, 0.15) is 45.4 Å². The van der Waals surface area contributed by atoms with E-state index in [2.05, 4.69) is 25.5 Å². The van der Waals surface area contributed by atoms with E-state index in [-0.39, 0.29) is 46.8 Å². The molecule has 2 heterocycles. The molecule has 0 bridgehead atoms. The third kappa shape index (κ3) is 7.35. The number of aromatic nitrogens is 2. The number of aliphatic imine (C=N–C) groups is 1. The molecule has 46 heavy (non-hydrogen) atoms. The van der Waals surface area contributed by atoms with Crippen LogP contribution in [0.4, 0.5) is 36.4 Å². The first-order valence-electron chi connectivity index (χ1n) is 13.2. The molecule has 12 nitrogen and oxygen atoms in total. The van der Waals surface area contributed by atoms with E-state index in [1.807, 2.05) is 0 Å². The van der Waals surface area contributed by atoms with Gasteiger partial charge >= 0.3 is 24.3 Å². The number of anilines is 1. The Labute approximate surface area is 253 Å². The van der Waals surface area contributed by atoms with Crippen molar-refractivity contribution in [1.82, 2.24) is 15.1 Å². The number of nitrogens with zero attached hydrogens (tertiary/aromatic N) is 3. The number of guanidine groups is 1. The number of esters is 2. The second kappa shape index (κ2) is 12.6. The summed E-state index contributed by atoms with van der Waals surface area (Å²) in [6.45, 7) is 0.838. The van der Waals surface area contributed by atoms with E-state index in [1.165, 1.54) is 6.07 Å². The van der Waals surface area contributed by atoms with E-state index >= 15 is 0 Å². The quantitative estimate of drug-likeness (QED) is 0.162. The molecular formula is C27H24F7N7O5. The molecule has 3 aromatic rings. The van der Waals surface area contributed by atoms with Crippen LogP contribution in [0.3, 0.4) is 0 Å². The number of ether oxygens (including phenoxy) is 1. The van der Waals surface area contributed by atoms with E-state index < -0.39 is 71.8 Å². The van der Waals surface area contributed by atoms with Crippen molar-refractivity contribution in [2.45, 2.75) is 43.8 Å². The highest BCUT2D eigenvalue weighted by atomic mass is 19.4. The lowest BCUT2D eigenvalue weighted by atomic mass is 9.86. The fraction of sp³-hybridized carbons (Fsp3) is 0.333. The number of hydrogen-bond acceptors (Lipinski definition) is 9. The summed E-state index contributed by atoms with van der Waals surface area (Å²) >= 11 is 0. The molecule has 0 radical (unpaired) electrons. The Morgan fingerprint density at radius 1 is 1.11 bits per heavy atom. The summed E-state index contributed by atoms with van der Waals surface area (Å²) in [5.41, 5.74) is 9.13. The van der Waals surface area contributed by atoms with Crippen molar-refractivity contribution >= 4 is 46.3 Å². The predicted octanol–water partition coefficient (Wildman–Crippen LogP) is 3.00. The van der Waals surface area contributed by atoms with E-state index in [9.17, 15) is 49.9 Å². The summed E-state index contributed by atoms with van der Waals surface area (Å²) in [5.74, 6) is -8.73. The number of rotatable bonds is 8. The zero-order valence-electron chi connectivity index (χ0n) is 23.5. The first kappa shape index (κ1) is 33.7. The van der Waals surface area contributed by atoms with E-state index in [1.54, 1.807) is 0 Å². The highest BCUT2D eigenvalue weighted by Gasteiger charge is 2.44. The largest absolute Gasteiger partial charge is 0.491 e. The number of hydrogen-bond donors (Lipinski definition) is 4. The SMILES string of the molecule is Cc1ccc([C@H](CC(=O)OC(=O)C(F)(F)F)C(C(N)=O)n2ncc3c(NC4=NCC(F)CN4)cc(C(N)=O)cc32)cc1C(F)(F)F. The van der Waals surface area contributed by atoms with Crippen molar-refractivity contribution in [1.29, 1.82) is 0 Å². The van der Waals surface area contributed by atoms with Crippen molar-refractivity contribution in [3.63, 3.8) is 0 Å². The molecule has 0 saturated heterocycles. The van der Waals surface area contributed by atoms with Crippen LogP contribution < -0.4 is 22.1 Å². The molecule has 0 fully saturated rings. The van der Waals surface area contributed by atoms with Crippen LogP contribution in [0.2, 0.25) is 0 Å². The molecule has 6 N–H and O–H groups in total. The number of primary amides is 2. The van der Waals surface area contributed by atoms with Crippen molar-refractivity contribution in [2.75, 3.05) is 18.4 Å². The van der Waals surface area contributed by atoms with E-state index in [4.69, 9.17) is 11.5 Å². The molecule has 1 aliphatic rings. The molecule has 4 rings (SSSR count). The van der Waals surface area contributed by atoms with Crippen molar-refractivity contribution in [3.8, 4) is 0 Å². The Kier molecular flexibility index (Phi) is 9.25. The summed E-state index contributed by atoms with van der Waals surface area (Å²) < 4.78 is 98.1. The first-order chi connectivity index (χ1) is 21.4. The maximum Gasteiger partial charge on any atom is 0.491 e. The number of nitrogens with two attached hydrogens (primary N) is 2. The van der Waals surface area contributed by atoms with Gasteiger partial charge in [0.15, 0.2) is 5.96 Å². The average molecular weight is 660 g/mol. The normalized spacial score (nSPS) is 16.6. The Hall–Kier alpha value is -5.23. The molecule has 19 heteroatoms. The second-order valence-electron chi connectivity index (χ2n) is 10.2. The maximum atomic E-state index is 13.8. The van der Waals surface area contributed by atoms with Gasteiger partial charge in [0.1, 0.15) is 12.2 Å². The summed E-state index contributed by atoms with van der Waals surface area (Å²) in [4.78, 5) is 53.1. The van der Waals surface area contributed by atoms with Crippen LogP contribution in [-0.2, 0) is 25.3 Å². The molecule has 2 amide bonds. The highest BCUT2D eigenvalue weighted by molar-refractivity contribution is 6.07. The fourth-order valence-electron chi connectivity index (χ4n) is 4.80. The summed E-state index contributed by atoms with van der Waals surface area (Å²) in [7, 11) is 0. The third-order valence-corrected chi connectivity index (χ3v) is 6.95. The molecule has 0 saturated carbocycles. The molecule has 2 aromatic carbocycles. The molecule has 246 valence electrons. The van der Waals surface area contributed by atoms with Crippen molar-refractivity contribution in [2.24, 2.45) is 16.5 Å². The summed E-state index contributed by atoms with van der Waals surface area (Å²) in [5, 5.41) is 9.77. The van der Waals surface area contributed by atoms with E-state index in [0.29, 0.717) is 6.07 Å². The van der Waals surface area contributed by atoms with Gasteiger partial charge < -0.3 is 26.8 Å². The van der Waals surface area contributed by atoms with Gasteiger partial charge in [0.05, 0.1) is 42.5 Å². The zero-order chi connectivity index (χ0) is 34.1. The van der Waals surface area contributed by atoms with Gasteiger partial charge in [-0.15, -0.1) is 0 Å². The van der Waals surface area contributed by atoms with Crippen molar-refractivity contribution < 1.29 is 54.6 Å². The maximum absolute atomic E-state index is 13.8. The minimum Gasteiger partial charge on any atom is -0.386 e. The van der Waals surface area contributed by atoms with Gasteiger partial charge in [-0.25, -0.2) is 14.2 Å². The summed E-state index contributed by atoms with van der Waals surface area (Å²) in [6.07, 6.45) is -11.9. The topological polar surface area (TPSA) is 184 Å². The minimum absolute atomic E-state index is 0.0877. The molecule has 2 unspecified atom stereocenters. The molecule has 1 aromatic heterocycles. The number of carbonyl (C=O) groups is 4. The van der Waals surface area contributed by atoms with Crippen LogP contribution in [0.25, 0.3) is 10.9 Å². The van der Waals surface area contributed by atoms with Gasteiger partial charge in [0.25, 0.3) is 0 Å². The number of amides is 2. The Morgan fingerprint density at radius 2 is 1.80 bits per heavy atom. The van der Waals surface area contributed by atoms with Gasteiger partial charge in [-0.2, -0.15) is 31.4 Å². The standard InChI is InChI=1S/C27H24F7N7O5/c1-11-2-3-12(4-17(11)26(29,30)31)15(7-20(42)46-24(45)27(32,33)34)21(23(36)44)41-19-6-13(22(35)43)5-18(16(19)10-39-41)40-25-37-8-14(28)9-38-25/h2-6,10,14-15,21H,7-9H2,1H3,(H2,35,43)(H2,36,44)(H2,37,38,40)/t15-,21?/m0/s1. The Morgan fingerprint density at radius 3 is 2.37 bits per heavy atom. The molecule has 3 atom stereocenters. The minimum atomic E-state index is -5.59. The number of nitrogens with one attached hydrogen (secondary N) is 2. The zero-order valence-corrected chi connectivity index (χ0v) is 23.5. The molecular weight excluding hydrogens is 635 g/mol. The van der Waals surface area contributed by atoms with E-state index in [0.717, 1.165) is 36.0 Å². The van der Waals surface area contributed by atoms with Crippen molar-refractivity contribution in [3.05, 3.63) is 58.8 Å². The number of aryl methyl sites for hydroxylation is 1. The third-order valence-electron chi connectivity index (χ3n) is 6.95. The lowest BCUT2D eigenvalue weighted by Gasteiger charge is -2.27. The first-order valence-corrected chi connectivity index (χ1v) is 13.2. The predicted molar refractivity (Wildman–Crippen MR) is 146 cm³/mol. The average Bonchev–Trinajstić information content (AvgIpc) is 3.36. The number of fused-ring (bicyclic) bond motifs is 1. The number of benzene rings is 2. The van der Waals surface area contributed by atoms with Crippen LogP contribution in [0, 0.1) is 6.92 Å². The Bertz CT molecular complexity index is 1740. The molecule has 0 spiro atoms.